The summed E-state index contributed by atoms with van der Waals surface area (Å²) < 4.78 is 11.2. The minimum atomic E-state index is -0.426. The Hall–Kier alpha value is -4.39. The molecule has 0 saturated carbocycles. The molecule has 0 saturated heterocycles. The number of nitrogens with zero attached hydrogens (tertiary/aromatic N) is 3. The Morgan fingerprint density at radius 2 is 1.76 bits per heavy atom. The van der Waals surface area contributed by atoms with Gasteiger partial charge in [-0.05, 0) is 49.1 Å². The maximum absolute atomic E-state index is 13.4. The molecule has 37 heavy (non-hydrogen) atoms. The maximum Gasteiger partial charge on any atom is 0.322 e. The number of hydrogen-bond donors (Lipinski definition) is 1. The van der Waals surface area contributed by atoms with Gasteiger partial charge in [0.05, 0.1) is 25.3 Å². The molecule has 7 nitrogen and oxygen atoms in total. The Bertz CT molecular complexity index is 1440. The third kappa shape index (κ3) is 4.98. The van der Waals surface area contributed by atoms with Gasteiger partial charge in [-0.25, -0.2) is 4.79 Å². The molecule has 188 valence electrons. The van der Waals surface area contributed by atoms with Gasteiger partial charge in [0.15, 0.2) is 0 Å². The second-order valence-electron chi connectivity index (χ2n) is 9.20. The number of hydrogen-bond acceptors (Lipinski definition) is 5. The zero-order valence-electron chi connectivity index (χ0n) is 21.5. The molecule has 0 radical (unpaired) electrons. The lowest BCUT2D eigenvalue weighted by molar-refractivity contribution is 0.203. The Balaban J connectivity index is 1.57. The third-order valence-electron chi connectivity index (χ3n) is 6.76. The van der Waals surface area contributed by atoms with Crippen molar-refractivity contribution in [3.63, 3.8) is 0 Å². The van der Waals surface area contributed by atoms with E-state index in [2.05, 4.69) is 29.5 Å². The summed E-state index contributed by atoms with van der Waals surface area (Å²) in [5.74, 6) is 1.63. The average molecular weight is 495 g/mol. The van der Waals surface area contributed by atoms with Gasteiger partial charge in [-0.1, -0.05) is 78.3 Å². The van der Waals surface area contributed by atoms with Crippen LogP contribution >= 0.6 is 0 Å². The van der Waals surface area contributed by atoms with Crippen molar-refractivity contribution in [2.75, 3.05) is 7.11 Å². The predicted molar refractivity (Wildman–Crippen MR) is 143 cm³/mol. The first-order valence-corrected chi connectivity index (χ1v) is 12.4. The van der Waals surface area contributed by atoms with E-state index in [4.69, 9.17) is 14.2 Å². The largest absolute Gasteiger partial charge is 0.497 e. The zero-order valence-corrected chi connectivity index (χ0v) is 21.5. The fourth-order valence-corrected chi connectivity index (χ4v) is 4.55. The number of aryl methyl sites for hydroxylation is 2. The molecule has 7 heteroatoms. The number of benzene rings is 3. The van der Waals surface area contributed by atoms with E-state index in [1.165, 1.54) is 5.56 Å². The van der Waals surface area contributed by atoms with Gasteiger partial charge in [-0.3, -0.25) is 4.90 Å². The van der Waals surface area contributed by atoms with Gasteiger partial charge in [-0.15, -0.1) is 0 Å². The van der Waals surface area contributed by atoms with Crippen LogP contribution in [0.25, 0.3) is 17.0 Å². The van der Waals surface area contributed by atoms with E-state index in [1.54, 1.807) is 12.0 Å². The minimum Gasteiger partial charge on any atom is -0.497 e. The van der Waals surface area contributed by atoms with Crippen LogP contribution in [0.3, 0.4) is 0 Å². The Morgan fingerprint density at radius 1 is 1.00 bits per heavy atom. The quantitative estimate of drug-likeness (QED) is 0.325. The van der Waals surface area contributed by atoms with E-state index in [1.807, 2.05) is 74.5 Å². The topological polar surface area (TPSA) is 80.5 Å². The number of urea groups is 1. The zero-order chi connectivity index (χ0) is 25.9. The van der Waals surface area contributed by atoms with Gasteiger partial charge in [0.1, 0.15) is 5.75 Å². The van der Waals surface area contributed by atoms with Crippen LogP contribution in [0.15, 0.2) is 83.0 Å². The van der Waals surface area contributed by atoms with Crippen molar-refractivity contribution in [1.82, 2.24) is 20.4 Å². The van der Waals surface area contributed by atoms with E-state index >= 15 is 0 Å². The molecule has 2 amide bonds. The van der Waals surface area contributed by atoms with Crippen molar-refractivity contribution in [2.24, 2.45) is 0 Å². The van der Waals surface area contributed by atoms with E-state index < -0.39 is 6.04 Å². The summed E-state index contributed by atoms with van der Waals surface area (Å²) in [5.41, 5.74) is 6.69. The van der Waals surface area contributed by atoms with E-state index in [-0.39, 0.29) is 6.03 Å². The van der Waals surface area contributed by atoms with Crippen LogP contribution in [-0.4, -0.2) is 28.2 Å². The number of allylic oxidation sites excluding steroid dienone is 1. The predicted octanol–water partition coefficient (Wildman–Crippen LogP) is 6.31. The van der Waals surface area contributed by atoms with Gasteiger partial charge in [0.25, 0.3) is 5.89 Å². The first-order valence-electron chi connectivity index (χ1n) is 12.4. The third-order valence-corrected chi connectivity index (χ3v) is 6.76. The van der Waals surface area contributed by atoms with Crippen LogP contribution in [0.1, 0.15) is 48.0 Å². The summed E-state index contributed by atoms with van der Waals surface area (Å²) in [7, 11) is 1.63. The van der Waals surface area contributed by atoms with Crippen LogP contribution < -0.4 is 10.1 Å². The first-order chi connectivity index (χ1) is 18.0. The molecule has 1 aromatic heterocycles. The molecule has 1 aliphatic rings. The molecule has 5 rings (SSSR count). The molecule has 4 aromatic rings. The highest BCUT2D eigenvalue weighted by Crippen LogP contribution is 2.38. The van der Waals surface area contributed by atoms with Crippen molar-refractivity contribution in [3.8, 4) is 17.1 Å². The number of carbonyl (C=O) groups excluding carboxylic acids is 1. The molecule has 0 spiro atoms. The van der Waals surface area contributed by atoms with Crippen LogP contribution in [-0.2, 0) is 13.0 Å². The molecular weight excluding hydrogens is 464 g/mol. The normalized spacial score (nSPS) is 15.6. The first kappa shape index (κ1) is 24.3. The lowest BCUT2D eigenvalue weighted by Gasteiger charge is -2.35. The number of carbonyl (C=O) groups is 1. The fourth-order valence-electron chi connectivity index (χ4n) is 4.55. The summed E-state index contributed by atoms with van der Waals surface area (Å²) in [6.07, 6.45) is 0.963. The van der Waals surface area contributed by atoms with E-state index in [9.17, 15) is 4.79 Å². The number of amides is 2. The second-order valence-corrected chi connectivity index (χ2v) is 9.20. The summed E-state index contributed by atoms with van der Waals surface area (Å²) in [6, 6.07) is 23.3. The maximum atomic E-state index is 13.4. The fraction of sp³-hybridized carbons (Fsp3) is 0.233. The van der Waals surface area contributed by atoms with Gasteiger partial charge >= 0.3 is 6.03 Å². The highest BCUT2D eigenvalue weighted by atomic mass is 16.5. The van der Waals surface area contributed by atoms with Gasteiger partial charge in [-0.2, -0.15) is 4.98 Å². The van der Waals surface area contributed by atoms with Crippen molar-refractivity contribution < 1.29 is 14.1 Å². The number of aromatic nitrogens is 2. The molecule has 2 heterocycles. The Morgan fingerprint density at radius 3 is 2.46 bits per heavy atom. The standard InChI is InChI=1S/C30H30N4O3/c1-5-21-11-15-24(16-12-21)28-32-29(37-33-28)26-20(3)34(18-22-7-6-8-25(17-22)36-4)30(35)31-27(26)23-13-9-19(2)10-14-23/h6-17,27H,5,18H2,1-4H3,(H,31,35). The molecule has 0 bridgehead atoms. The van der Waals surface area contributed by atoms with Crippen molar-refractivity contribution in [2.45, 2.75) is 39.8 Å². The second kappa shape index (κ2) is 10.3. The van der Waals surface area contributed by atoms with Gasteiger partial charge < -0.3 is 14.6 Å². The minimum absolute atomic E-state index is 0.190. The number of nitrogens with one attached hydrogen (secondary N) is 1. The molecule has 3 aromatic carbocycles. The number of rotatable bonds is 7. The monoisotopic (exact) mass is 494 g/mol. The molecule has 1 atom stereocenters. The highest BCUT2D eigenvalue weighted by molar-refractivity contribution is 5.87. The molecule has 1 unspecified atom stereocenters. The summed E-state index contributed by atoms with van der Waals surface area (Å²) in [4.78, 5) is 19.8. The highest BCUT2D eigenvalue weighted by Gasteiger charge is 2.35. The van der Waals surface area contributed by atoms with E-state index in [0.29, 0.717) is 18.3 Å². The van der Waals surface area contributed by atoms with Gasteiger partial charge in [0.2, 0.25) is 5.82 Å². The SMILES string of the molecule is CCc1ccc(-c2noc(C3=C(C)N(Cc4cccc(OC)c4)C(=O)NC3c3ccc(C)cc3)n2)cc1. The van der Waals surface area contributed by atoms with Crippen LogP contribution in [0.4, 0.5) is 4.79 Å². The Labute approximate surface area is 216 Å². The Kier molecular flexibility index (Phi) is 6.77. The molecule has 0 fully saturated rings. The van der Waals surface area contributed by atoms with E-state index in [0.717, 1.165) is 45.7 Å². The number of ether oxygens (including phenoxy) is 1. The summed E-state index contributed by atoms with van der Waals surface area (Å²) >= 11 is 0. The molecule has 1 aliphatic heterocycles. The summed E-state index contributed by atoms with van der Waals surface area (Å²) in [5, 5.41) is 7.44. The molecule has 1 N–H and O–H groups in total. The lowest BCUT2D eigenvalue weighted by Crippen LogP contribution is -2.45. The van der Waals surface area contributed by atoms with Crippen molar-refractivity contribution >= 4 is 11.6 Å². The van der Waals surface area contributed by atoms with Crippen LogP contribution in [0.2, 0.25) is 0 Å². The molecular formula is C30H30N4O3. The van der Waals surface area contributed by atoms with Gasteiger partial charge in [0, 0.05) is 11.3 Å². The summed E-state index contributed by atoms with van der Waals surface area (Å²) in [6.45, 7) is 6.46. The smallest absolute Gasteiger partial charge is 0.322 e. The van der Waals surface area contributed by atoms with Crippen molar-refractivity contribution in [3.05, 3.63) is 107 Å². The van der Waals surface area contributed by atoms with Crippen LogP contribution in [0, 0.1) is 6.92 Å². The number of methoxy groups -OCH3 is 1. The molecule has 0 aliphatic carbocycles. The van der Waals surface area contributed by atoms with Crippen molar-refractivity contribution in [1.29, 1.82) is 0 Å². The lowest BCUT2D eigenvalue weighted by atomic mass is 9.94. The average Bonchev–Trinajstić information content (AvgIpc) is 3.41. The van der Waals surface area contributed by atoms with Crippen LogP contribution in [0.5, 0.6) is 5.75 Å².